The molecular formula is C7H14N2O3. The maximum absolute atomic E-state index is 10.4. The highest BCUT2D eigenvalue weighted by Crippen LogP contribution is 1.92. The molecule has 0 unspecified atom stereocenters. The van der Waals surface area contributed by atoms with Crippen LogP contribution in [0.1, 0.15) is 20.8 Å². The van der Waals surface area contributed by atoms with E-state index in [1.807, 2.05) is 6.92 Å². The van der Waals surface area contributed by atoms with Crippen LogP contribution >= 0.6 is 0 Å². The van der Waals surface area contributed by atoms with Crippen molar-refractivity contribution in [1.82, 2.24) is 5.01 Å². The predicted octanol–water partition coefficient (Wildman–Crippen LogP) is 1.36. The summed E-state index contributed by atoms with van der Waals surface area (Å²) in [6.07, 6.45) is -1.07. The molecule has 0 aromatic rings. The molecule has 0 atom stereocenters. The fraction of sp³-hybridized carbons (Fsp3) is 0.714. The van der Waals surface area contributed by atoms with Crippen molar-refractivity contribution >= 4 is 12.0 Å². The highest BCUT2D eigenvalue weighted by molar-refractivity contribution is 5.75. The molecule has 0 aromatic heterocycles. The van der Waals surface area contributed by atoms with Crippen molar-refractivity contribution in [3.05, 3.63) is 0 Å². The molecule has 5 heteroatoms. The fourth-order valence-electron chi connectivity index (χ4n) is 0.656. The number of carbonyl (C=O) groups is 1. The average Bonchev–Trinajstić information content (AvgIpc) is 2.00. The minimum Gasteiger partial charge on any atom is -0.480 e. The third kappa shape index (κ3) is 3.80. The molecular weight excluding hydrogens is 160 g/mol. The highest BCUT2D eigenvalue weighted by atomic mass is 16.5. The van der Waals surface area contributed by atoms with Crippen LogP contribution in [-0.2, 0) is 4.74 Å². The van der Waals surface area contributed by atoms with Crippen LogP contribution in [0, 0.1) is 0 Å². The molecule has 70 valence electrons. The van der Waals surface area contributed by atoms with Crippen LogP contribution in [-0.4, -0.2) is 35.3 Å². The first-order chi connectivity index (χ1) is 5.61. The van der Waals surface area contributed by atoms with Crippen molar-refractivity contribution in [1.29, 1.82) is 0 Å². The van der Waals surface area contributed by atoms with Crippen LogP contribution in [0.5, 0.6) is 0 Å². The van der Waals surface area contributed by atoms with Gasteiger partial charge in [0.25, 0.3) is 0 Å². The molecule has 0 rings (SSSR count). The molecule has 0 bridgehead atoms. The first-order valence-corrected chi connectivity index (χ1v) is 3.80. The van der Waals surface area contributed by atoms with E-state index < -0.39 is 6.09 Å². The number of carboxylic acid groups (broad SMARTS) is 1. The maximum atomic E-state index is 10.4. The Morgan fingerprint density at radius 3 is 2.50 bits per heavy atom. The topological polar surface area (TPSA) is 62.1 Å². The summed E-state index contributed by atoms with van der Waals surface area (Å²) < 4.78 is 4.97. The highest BCUT2D eigenvalue weighted by Gasteiger charge is 2.07. The van der Waals surface area contributed by atoms with E-state index in [4.69, 9.17) is 9.84 Å². The smallest absolute Gasteiger partial charge is 0.428 e. The predicted molar refractivity (Wildman–Crippen MR) is 45.1 cm³/mol. The molecule has 0 saturated carbocycles. The Kier molecular flexibility index (Phi) is 4.83. The Balaban J connectivity index is 4.15. The van der Waals surface area contributed by atoms with Crippen LogP contribution in [0.25, 0.3) is 0 Å². The maximum Gasteiger partial charge on any atom is 0.428 e. The summed E-state index contributed by atoms with van der Waals surface area (Å²) in [6, 6.07) is 0. The van der Waals surface area contributed by atoms with Gasteiger partial charge in [0, 0.05) is 13.5 Å². The lowest BCUT2D eigenvalue weighted by molar-refractivity contribution is 0.147. The first kappa shape index (κ1) is 10.7. The summed E-state index contributed by atoms with van der Waals surface area (Å²) in [4.78, 5) is 10.4. The summed E-state index contributed by atoms with van der Waals surface area (Å²) >= 11 is 0. The Labute approximate surface area is 71.6 Å². The molecule has 0 saturated heterocycles. The number of rotatable bonds is 3. The largest absolute Gasteiger partial charge is 0.480 e. The lowest BCUT2D eigenvalue weighted by Crippen LogP contribution is -2.25. The Morgan fingerprint density at radius 2 is 2.17 bits per heavy atom. The number of amides is 1. The molecule has 0 aliphatic carbocycles. The van der Waals surface area contributed by atoms with Crippen molar-refractivity contribution in [3.63, 3.8) is 0 Å². The monoisotopic (exact) mass is 174 g/mol. The Hall–Kier alpha value is -1.26. The number of hydrogen-bond donors (Lipinski definition) is 1. The zero-order chi connectivity index (χ0) is 9.56. The van der Waals surface area contributed by atoms with E-state index in [0.717, 1.165) is 5.01 Å². The van der Waals surface area contributed by atoms with Gasteiger partial charge < -0.3 is 9.84 Å². The SMILES string of the molecule is CCOC(C)=NN(CC)C(=O)O. The average molecular weight is 174 g/mol. The van der Waals surface area contributed by atoms with Crippen molar-refractivity contribution in [2.24, 2.45) is 5.10 Å². The molecule has 0 aromatic carbocycles. The van der Waals surface area contributed by atoms with Crippen LogP contribution < -0.4 is 0 Å². The van der Waals surface area contributed by atoms with Crippen molar-refractivity contribution in [2.45, 2.75) is 20.8 Å². The Morgan fingerprint density at radius 1 is 1.58 bits per heavy atom. The van der Waals surface area contributed by atoms with E-state index in [9.17, 15) is 4.79 Å². The van der Waals surface area contributed by atoms with E-state index in [2.05, 4.69) is 5.10 Å². The molecule has 0 radical (unpaired) electrons. The van der Waals surface area contributed by atoms with Gasteiger partial charge in [0.2, 0.25) is 5.90 Å². The van der Waals surface area contributed by atoms with Gasteiger partial charge in [-0.2, -0.15) is 5.01 Å². The van der Waals surface area contributed by atoms with Crippen molar-refractivity contribution in [3.8, 4) is 0 Å². The second kappa shape index (κ2) is 5.40. The molecule has 0 aliphatic rings. The second-order valence-electron chi connectivity index (χ2n) is 2.05. The number of nitrogens with zero attached hydrogens (tertiary/aromatic N) is 2. The van der Waals surface area contributed by atoms with Gasteiger partial charge >= 0.3 is 6.09 Å². The molecule has 0 heterocycles. The van der Waals surface area contributed by atoms with Crippen LogP contribution in [0.15, 0.2) is 5.10 Å². The summed E-state index contributed by atoms with van der Waals surface area (Å²) in [5, 5.41) is 13.2. The van der Waals surface area contributed by atoms with E-state index in [1.54, 1.807) is 13.8 Å². The molecule has 1 amide bonds. The minimum absolute atomic E-state index is 0.319. The van der Waals surface area contributed by atoms with E-state index >= 15 is 0 Å². The Bertz CT molecular complexity index is 179. The van der Waals surface area contributed by atoms with E-state index in [-0.39, 0.29) is 0 Å². The molecule has 0 aliphatic heterocycles. The van der Waals surface area contributed by atoms with Gasteiger partial charge in [0.05, 0.1) is 6.61 Å². The van der Waals surface area contributed by atoms with Gasteiger partial charge in [0.1, 0.15) is 0 Å². The summed E-state index contributed by atoms with van der Waals surface area (Å²) in [6.45, 7) is 5.95. The van der Waals surface area contributed by atoms with Crippen molar-refractivity contribution < 1.29 is 14.6 Å². The van der Waals surface area contributed by atoms with Gasteiger partial charge in [-0.25, -0.2) is 4.79 Å². The molecule has 12 heavy (non-hydrogen) atoms. The zero-order valence-electron chi connectivity index (χ0n) is 7.57. The quantitative estimate of drug-likeness (QED) is 0.399. The molecule has 0 fully saturated rings. The van der Waals surface area contributed by atoms with Gasteiger partial charge in [-0.15, -0.1) is 5.10 Å². The number of ether oxygens (including phenoxy) is 1. The van der Waals surface area contributed by atoms with Crippen LogP contribution in [0.4, 0.5) is 4.79 Å². The van der Waals surface area contributed by atoms with Gasteiger partial charge in [-0.05, 0) is 13.8 Å². The van der Waals surface area contributed by atoms with Crippen molar-refractivity contribution in [2.75, 3.05) is 13.2 Å². The normalized spacial score (nSPS) is 11.1. The van der Waals surface area contributed by atoms with E-state index in [0.29, 0.717) is 19.0 Å². The fourth-order valence-corrected chi connectivity index (χ4v) is 0.656. The van der Waals surface area contributed by atoms with Crippen LogP contribution in [0.3, 0.4) is 0 Å². The molecule has 0 spiro atoms. The third-order valence-electron chi connectivity index (χ3n) is 1.14. The van der Waals surface area contributed by atoms with Crippen LogP contribution in [0.2, 0.25) is 0 Å². The zero-order valence-corrected chi connectivity index (χ0v) is 7.57. The third-order valence-corrected chi connectivity index (χ3v) is 1.14. The molecule has 1 N–H and O–H groups in total. The minimum atomic E-state index is -1.07. The second-order valence-corrected chi connectivity index (χ2v) is 2.05. The van der Waals surface area contributed by atoms with E-state index in [1.165, 1.54) is 0 Å². The lowest BCUT2D eigenvalue weighted by atomic mass is 10.7. The summed E-state index contributed by atoms with van der Waals surface area (Å²) in [7, 11) is 0. The standard InChI is InChI=1S/C7H14N2O3/c1-4-9(7(10)11)8-6(3)12-5-2/h4-5H2,1-3H3,(H,10,11). The lowest BCUT2D eigenvalue weighted by Gasteiger charge is -2.11. The summed E-state index contributed by atoms with van der Waals surface area (Å²) in [5.74, 6) is 0.363. The summed E-state index contributed by atoms with van der Waals surface area (Å²) in [5.41, 5.74) is 0. The van der Waals surface area contributed by atoms with Gasteiger partial charge in [0.15, 0.2) is 0 Å². The first-order valence-electron chi connectivity index (χ1n) is 3.80. The number of hydrazone groups is 1. The van der Waals surface area contributed by atoms with Gasteiger partial charge in [-0.1, -0.05) is 0 Å². The van der Waals surface area contributed by atoms with Gasteiger partial charge in [-0.3, -0.25) is 0 Å². The number of hydrogen-bond acceptors (Lipinski definition) is 3. The molecule has 5 nitrogen and oxygen atoms in total.